The fourth-order valence-electron chi connectivity index (χ4n) is 2.45. The van der Waals surface area contributed by atoms with Gasteiger partial charge in [-0.05, 0) is 30.7 Å². The molecule has 0 aromatic heterocycles. The Balaban J connectivity index is 1.93. The molecule has 0 saturated carbocycles. The summed E-state index contributed by atoms with van der Waals surface area (Å²) in [6, 6.07) is 6.03. The third-order valence-corrected chi connectivity index (χ3v) is 3.76. The summed E-state index contributed by atoms with van der Waals surface area (Å²) in [7, 11) is 0. The van der Waals surface area contributed by atoms with Gasteiger partial charge < -0.3 is 9.47 Å². The van der Waals surface area contributed by atoms with Crippen LogP contribution >= 0.6 is 15.9 Å². The minimum absolute atomic E-state index is 0.0590. The highest BCUT2D eigenvalue weighted by molar-refractivity contribution is 9.10. The smallest absolute Gasteiger partial charge is 0.320 e. The van der Waals surface area contributed by atoms with Crippen LogP contribution in [0, 0.1) is 0 Å². The van der Waals surface area contributed by atoms with Gasteiger partial charge in [0.25, 0.3) is 0 Å². The minimum Gasteiger partial charge on any atom is -0.488 e. The van der Waals surface area contributed by atoms with E-state index >= 15 is 0 Å². The Kier molecular flexibility index (Phi) is 5.82. The molecule has 0 saturated heterocycles. The number of hydrogen-bond donors (Lipinski definition) is 0. The topological polar surface area (TPSA) is 38.8 Å². The van der Waals surface area contributed by atoms with E-state index in [1.54, 1.807) is 6.08 Å². The molecule has 0 radical (unpaired) electrons. The van der Waals surface area contributed by atoms with Crippen LogP contribution in [0.25, 0.3) is 0 Å². The quantitative estimate of drug-likeness (QED) is 0.558. The number of nitrogens with zero attached hydrogens (tertiary/aromatic N) is 1. The van der Waals surface area contributed by atoms with Crippen LogP contribution in [-0.4, -0.2) is 43.2 Å². The lowest BCUT2D eigenvalue weighted by Gasteiger charge is -2.22. The van der Waals surface area contributed by atoms with Gasteiger partial charge in [0.2, 0.25) is 0 Å². The monoisotopic (exact) mass is 353 g/mol. The van der Waals surface area contributed by atoms with Crippen molar-refractivity contribution in [3.8, 4) is 5.75 Å². The summed E-state index contributed by atoms with van der Waals surface area (Å²) >= 11 is 3.47. The van der Waals surface area contributed by atoms with E-state index in [1.807, 2.05) is 24.0 Å². The fourth-order valence-corrected chi connectivity index (χ4v) is 2.86. The fraction of sp³-hybridized carbons (Fsp3) is 0.438. The maximum Gasteiger partial charge on any atom is 0.320 e. The third-order valence-electron chi connectivity index (χ3n) is 3.27. The molecule has 1 aromatic rings. The van der Waals surface area contributed by atoms with Crippen molar-refractivity contribution in [2.45, 2.75) is 19.4 Å². The average Bonchev–Trinajstić information content (AvgIpc) is 2.80. The zero-order chi connectivity index (χ0) is 15.2. The summed E-state index contributed by atoms with van der Waals surface area (Å²) in [5, 5.41) is 0. The first-order valence-electron chi connectivity index (χ1n) is 7.06. The number of ether oxygens (including phenoxy) is 2. The van der Waals surface area contributed by atoms with Crippen molar-refractivity contribution in [2.75, 3.05) is 26.2 Å². The predicted octanol–water partition coefficient (Wildman–Crippen LogP) is 2.80. The standard InChI is InChI=1S/C16H20BrNO3/c1-3-7-18(11-16(19)20-4-2)10-14-9-12-8-13(17)5-6-15(12)21-14/h3,5-6,8,14H,1,4,7,9-11H2,2H3. The SMILES string of the molecule is C=CCN(CC(=O)OCC)CC1Cc2cc(Br)ccc2O1. The molecule has 1 unspecified atom stereocenters. The Labute approximate surface area is 133 Å². The van der Waals surface area contributed by atoms with Gasteiger partial charge in [-0.3, -0.25) is 9.69 Å². The first-order valence-corrected chi connectivity index (χ1v) is 7.85. The van der Waals surface area contributed by atoms with Crippen LogP contribution in [0.1, 0.15) is 12.5 Å². The molecule has 2 rings (SSSR count). The first-order chi connectivity index (χ1) is 10.1. The number of carbonyl (C=O) groups is 1. The van der Waals surface area contributed by atoms with Crippen molar-refractivity contribution in [3.05, 3.63) is 40.9 Å². The molecule has 5 heteroatoms. The maximum atomic E-state index is 11.6. The van der Waals surface area contributed by atoms with Crippen molar-refractivity contribution in [1.29, 1.82) is 0 Å². The molecule has 21 heavy (non-hydrogen) atoms. The molecule has 0 spiro atoms. The lowest BCUT2D eigenvalue weighted by Crippen LogP contribution is -2.38. The molecule has 0 aliphatic carbocycles. The maximum absolute atomic E-state index is 11.6. The van der Waals surface area contributed by atoms with Crippen molar-refractivity contribution >= 4 is 21.9 Å². The molecular weight excluding hydrogens is 334 g/mol. The van der Waals surface area contributed by atoms with E-state index in [0.29, 0.717) is 19.7 Å². The highest BCUT2D eigenvalue weighted by Gasteiger charge is 2.25. The molecule has 0 fully saturated rings. The third kappa shape index (κ3) is 4.58. The van der Waals surface area contributed by atoms with Crippen LogP contribution in [0.2, 0.25) is 0 Å². The Morgan fingerprint density at radius 1 is 1.62 bits per heavy atom. The zero-order valence-corrected chi connectivity index (χ0v) is 13.8. The molecule has 4 nitrogen and oxygen atoms in total. The van der Waals surface area contributed by atoms with Crippen LogP contribution in [-0.2, 0) is 16.0 Å². The van der Waals surface area contributed by atoms with Gasteiger partial charge in [-0.25, -0.2) is 0 Å². The molecule has 1 aromatic carbocycles. The van der Waals surface area contributed by atoms with Gasteiger partial charge in [-0.15, -0.1) is 6.58 Å². The molecule has 1 aliphatic rings. The average molecular weight is 354 g/mol. The minimum atomic E-state index is -0.211. The number of carbonyl (C=O) groups excluding carboxylic acids is 1. The zero-order valence-electron chi connectivity index (χ0n) is 12.2. The van der Waals surface area contributed by atoms with Gasteiger partial charge in [-0.1, -0.05) is 22.0 Å². The van der Waals surface area contributed by atoms with E-state index in [2.05, 4.69) is 28.6 Å². The highest BCUT2D eigenvalue weighted by Crippen LogP contribution is 2.31. The van der Waals surface area contributed by atoms with E-state index in [4.69, 9.17) is 9.47 Å². The molecule has 0 N–H and O–H groups in total. The number of benzene rings is 1. The van der Waals surface area contributed by atoms with E-state index in [1.165, 1.54) is 5.56 Å². The summed E-state index contributed by atoms with van der Waals surface area (Å²) in [5.41, 5.74) is 1.20. The number of hydrogen-bond acceptors (Lipinski definition) is 4. The number of fused-ring (bicyclic) bond motifs is 1. The second kappa shape index (κ2) is 7.61. The van der Waals surface area contributed by atoms with Crippen LogP contribution in [0.4, 0.5) is 0 Å². The molecule has 1 aliphatic heterocycles. The largest absolute Gasteiger partial charge is 0.488 e. The van der Waals surface area contributed by atoms with Crippen molar-refractivity contribution in [3.63, 3.8) is 0 Å². The molecule has 114 valence electrons. The summed E-state index contributed by atoms with van der Waals surface area (Å²) in [4.78, 5) is 13.6. The number of esters is 1. The van der Waals surface area contributed by atoms with Crippen LogP contribution in [0.15, 0.2) is 35.3 Å². The van der Waals surface area contributed by atoms with Gasteiger partial charge >= 0.3 is 5.97 Å². The van der Waals surface area contributed by atoms with E-state index in [0.717, 1.165) is 16.6 Å². The van der Waals surface area contributed by atoms with E-state index in [9.17, 15) is 4.79 Å². The normalized spacial score (nSPS) is 16.4. The second-order valence-electron chi connectivity index (χ2n) is 4.98. The van der Waals surface area contributed by atoms with Crippen molar-refractivity contribution in [1.82, 2.24) is 4.90 Å². The first kappa shape index (κ1) is 16.0. The Morgan fingerprint density at radius 3 is 3.14 bits per heavy atom. The van der Waals surface area contributed by atoms with Gasteiger partial charge in [0.15, 0.2) is 0 Å². The van der Waals surface area contributed by atoms with Gasteiger partial charge in [0, 0.05) is 24.0 Å². The Hall–Kier alpha value is -1.33. The van der Waals surface area contributed by atoms with Gasteiger partial charge in [0.1, 0.15) is 11.9 Å². The molecule has 0 amide bonds. The molecule has 1 heterocycles. The van der Waals surface area contributed by atoms with Crippen molar-refractivity contribution < 1.29 is 14.3 Å². The van der Waals surface area contributed by atoms with Crippen LogP contribution < -0.4 is 4.74 Å². The summed E-state index contributed by atoms with van der Waals surface area (Å²) in [5.74, 6) is 0.718. The van der Waals surface area contributed by atoms with Gasteiger partial charge in [0.05, 0.1) is 13.2 Å². The molecule has 1 atom stereocenters. The predicted molar refractivity (Wildman–Crippen MR) is 85.5 cm³/mol. The second-order valence-corrected chi connectivity index (χ2v) is 5.90. The summed E-state index contributed by atoms with van der Waals surface area (Å²) in [6.07, 6.45) is 2.70. The van der Waals surface area contributed by atoms with Crippen LogP contribution in [0.5, 0.6) is 5.75 Å². The highest BCUT2D eigenvalue weighted by atomic mass is 79.9. The van der Waals surface area contributed by atoms with Crippen LogP contribution in [0.3, 0.4) is 0 Å². The molecule has 0 bridgehead atoms. The summed E-state index contributed by atoms with van der Waals surface area (Å²) < 4.78 is 12.0. The summed E-state index contributed by atoms with van der Waals surface area (Å²) in [6.45, 7) is 7.53. The number of halogens is 1. The lowest BCUT2D eigenvalue weighted by atomic mass is 10.1. The van der Waals surface area contributed by atoms with E-state index < -0.39 is 0 Å². The Bertz CT molecular complexity index is 518. The van der Waals surface area contributed by atoms with Gasteiger partial charge in [-0.2, -0.15) is 0 Å². The lowest BCUT2D eigenvalue weighted by molar-refractivity contribution is -0.144. The van der Waals surface area contributed by atoms with E-state index in [-0.39, 0.29) is 18.6 Å². The van der Waals surface area contributed by atoms with Crippen molar-refractivity contribution in [2.24, 2.45) is 0 Å². The molecular formula is C16H20BrNO3. The Morgan fingerprint density at radius 2 is 2.43 bits per heavy atom. The number of rotatable bonds is 7.